The molecule has 1 fully saturated rings. The molecule has 1 aliphatic heterocycles. The second-order valence-corrected chi connectivity index (χ2v) is 5.77. The number of carboxylic acid groups (broad SMARTS) is 1. The molecular formula is C14H24N2O4. The molecule has 0 aliphatic carbocycles. The summed E-state index contributed by atoms with van der Waals surface area (Å²) in [4.78, 5) is 38.6. The zero-order valence-electron chi connectivity index (χ0n) is 12.8. The van der Waals surface area contributed by atoms with Gasteiger partial charge in [0, 0.05) is 6.04 Å². The van der Waals surface area contributed by atoms with Gasteiger partial charge < -0.3 is 5.11 Å². The van der Waals surface area contributed by atoms with E-state index < -0.39 is 17.6 Å². The summed E-state index contributed by atoms with van der Waals surface area (Å²) in [7, 11) is 1.58. The van der Waals surface area contributed by atoms with Crippen molar-refractivity contribution in [3.63, 3.8) is 0 Å². The molecule has 1 N–H and O–H groups in total. The molecule has 0 spiro atoms. The number of likely N-dealkylation sites (tertiary alicyclic amines) is 1. The molecule has 1 saturated heterocycles. The first kappa shape index (κ1) is 16.6. The summed E-state index contributed by atoms with van der Waals surface area (Å²) in [6, 6.07) is -0.782. The Morgan fingerprint density at radius 3 is 2.30 bits per heavy atom. The molecule has 0 aromatic rings. The first-order valence-electron chi connectivity index (χ1n) is 7.00. The predicted octanol–water partition coefficient (Wildman–Crippen LogP) is 1.10. The van der Waals surface area contributed by atoms with Crippen LogP contribution in [0.5, 0.6) is 0 Å². The first-order chi connectivity index (χ1) is 9.18. The van der Waals surface area contributed by atoms with Crippen molar-refractivity contribution in [1.82, 2.24) is 9.80 Å². The Kier molecular flexibility index (Phi) is 4.91. The van der Waals surface area contributed by atoms with E-state index in [1.807, 2.05) is 13.8 Å². The van der Waals surface area contributed by atoms with E-state index in [4.69, 9.17) is 0 Å². The van der Waals surface area contributed by atoms with E-state index in [1.54, 1.807) is 7.05 Å². The lowest BCUT2D eigenvalue weighted by molar-refractivity contribution is -0.151. The second kappa shape index (κ2) is 5.91. The van der Waals surface area contributed by atoms with Gasteiger partial charge >= 0.3 is 5.97 Å². The Hall–Kier alpha value is -1.43. The molecule has 6 nitrogen and oxygen atoms in total. The average molecular weight is 284 g/mol. The van der Waals surface area contributed by atoms with Crippen LogP contribution in [0.3, 0.4) is 0 Å². The van der Waals surface area contributed by atoms with Gasteiger partial charge in [0.2, 0.25) is 11.8 Å². The van der Waals surface area contributed by atoms with Crippen LogP contribution in [0, 0.1) is 0 Å². The number of carbonyl (C=O) groups excluding carboxylic acids is 2. The molecule has 0 saturated carbocycles. The molecule has 20 heavy (non-hydrogen) atoms. The van der Waals surface area contributed by atoms with Crippen LogP contribution in [0.25, 0.3) is 0 Å². The molecule has 114 valence electrons. The maximum absolute atomic E-state index is 12.5. The second-order valence-electron chi connectivity index (χ2n) is 5.77. The third-order valence-electron chi connectivity index (χ3n) is 4.34. The van der Waals surface area contributed by atoms with E-state index in [0.717, 1.165) is 0 Å². The standard InChI is InChI=1S/C14H24N2O4/c1-6-9(7-2)16-11(17)8-10(12(16)18)15(5)14(3,4)13(19)20/h9-10H,6-8H2,1-5H3,(H,19,20). The van der Waals surface area contributed by atoms with E-state index in [2.05, 4.69) is 0 Å². The van der Waals surface area contributed by atoms with Gasteiger partial charge in [0.15, 0.2) is 0 Å². The van der Waals surface area contributed by atoms with Gasteiger partial charge in [-0.05, 0) is 33.7 Å². The minimum atomic E-state index is -1.19. The number of imide groups is 1. The van der Waals surface area contributed by atoms with Gasteiger partial charge in [0.05, 0.1) is 12.5 Å². The first-order valence-corrected chi connectivity index (χ1v) is 7.00. The van der Waals surface area contributed by atoms with Crippen LogP contribution in [0.2, 0.25) is 0 Å². The van der Waals surface area contributed by atoms with Gasteiger partial charge in [0.1, 0.15) is 5.54 Å². The summed E-state index contributed by atoms with van der Waals surface area (Å²) in [6.07, 6.45) is 1.49. The summed E-state index contributed by atoms with van der Waals surface area (Å²) in [6.45, 7) is 6.94. The number of rotatable bonds is 6. The quantitative estimate of drug-likeness (QED) is 0.739. The van der Waals surface area contributed by atoms with Crippen molar-refractivity contribution in [2.45, 2.75) is 64.6 Å². The molecular weight excluding hydrogens is 260 g/mol. The van der Waals surface area contributed by atoms with Crippen molar-refractivity contribution in [3.05, 3.63) is 0 Å². The van der Waals surface area contributed by atoms with Crippen molar-refractivity contribution < 1.29 is 19.5 Å². The zero-order chi connectivity index (χ0) is 15.7. The molecule has 1 aliphatic rings. The number of likely N-dealkylation sites (N-methyl/N-ethyl adjacent to an activating group) is 1. The fraction of sp³-hybridized carbons (Fsp3) is 0.786. The SMILES string of the molecule is CCC(CC)N1C(=O)CC(N(C)C(C)(C)C(=O)O)C1=O. The fourth-order valence-electron chi connectivity index (χ4n) is 2.51. The highest BCUT2D eigenvalue weighted by molar-refractivity contribution is 6.06. The molecule has 0 radical (unpaired) electrons. The molecule has 2 amide bonds. The lowest BCUT2D eigenvalue weighted by Gasteiger charge is -2.35. The number of carbonyl (C=O) groups is 3. The van der Waals surface area contributed by atoms with Crippen LogP contribution >= 0.6 is 0 Å². The lowest BCUT2D eigenvalue weighted by atomic mass is 10.0. The van der Waals surface area contributed by atoms with Gasteiger partial charge in [-0.3, -0.25) is 24.2 Å². The van der Waals surface area contributed by atoms with Crippen LogP contribution in [0.4, 0.5) is 0 Å². The summed E-state index contributed by atoms with van der Waals surface area (Å²) in [5.41, 5.74) is -1.19. The Morgan fingerprint density at radius 1 is 1.40 bits per heavy atom. The van der Waals surface area contributed by atoms with Crippen molar-refractivity contribution in [2.75, 3.05) is 7.05 Å². The number of aliphatic carboxylic acids is 1. The number of hydrogen-bond acceptors (Lipinski definition) is 4. The summed E-state index contributed by atoms with van der Waals surface area (Å²) in [5, 5.41) is 9.24. The molecule has 0 aromatic heterocycles. The molecule has 1 unspecified atom stereocenters. The minimum absolute atomic E-state index is 0.0581. The maximum Gasteiger partial charge on any atom is 0.323 e. The Labute approximate surface area is 119 Å². The highest BCUT2D eigenvalue weighted by Gasteiger charge is 2.48. The molecule has 6 heteroatoms. The fourth-order valence-corrected chi connectivity index (χ4v) is 2.51. The highest BCUT2D eigenvalue weighted by atomic mass is 16.4. The van der Waals surface area contributed by atoms with Crippen molar-refractivity contribution >= 4 is 17.8 Å². The Balaban J connectivity index is 2.99. The van der Waals surface area contributed by atoms with E-state index in [1.165, 1.54) is 23.6 Å². The van der Waals surface area contributed by atoms with E-state index >= 15 is 0 Å². The van der Waals surface area contributed by atoms with Crippen LogP contribution in [-0.2, 0) is 14.4 Å². The monoisotopic (exact) mass is 284 g/mol. The van der Waals surface area contributed by atoms with Crippen molar-refractivity contribution in [2.24, 2.45) is 0 Å². The Bertz CT molecular complexity index is 415. The van der Waals surface area contributed by atoms with Crippen LogP contribution < -0.4 is 0 Å². The van der Waals surface area contributed by atoms with Gasteiger partial charge in [0.25, 0.3) is 0 Å². The van der Waals surface area contributed by atoms with Crippen molar-refractivity contribution in [1.29, 1.82) is 0 Å². The predicted molar refractivity (Wildman–Crippen MR) is 74.1 cm³/mol. The molecule has 0 bridgehead atoms. The number of amides is 2. The normalized spacial score (nSPS) is 20.4. The molecule has 1 atom stereocenters. The van der Waals surface area contributed by atoms with Crippen LogP contribution in [0.15, 0.2) is 0 Å². The van der Waals surface area contributed by atoms with Crippen LogP contribution in [0.1, 0.15) is 47.0 Å². The molecule has 1 heterocycles. The molecule has 0 aromatic carbocycles. The summed E-state index contributed by atoms with van der Waals surface area (Å²) in [5.74, 6) is -1.50. The number of carboxylic acids is 1. The number of nitrogens with zero attached hydrogens (tertiary/aromatic N) is 2. The van der Waals surface area contributed by atoms with Gasteiger partial charge in [-0.15, -0.1) is 0 Å². The zero-order valence-corrected chi connectivity index (χ0v) is 12.8. The van der Waals surface area contributed by atoms with Gasteiger partial charge in [-0.2, -0.15) is 0 Å². The summed E-state index contributed by atoms with van der Waals surface area (Å²) >= 11 is 0. The number of hydrogen-bond donors (Lipinski definition) is 1. The van der Waals surface area contributed by atoms with Crippen LogP contribution in [-0.4, -0.2) is 57.4 Å². The smallest absolute Gasteiger partial charge is 0.323 e. The van der Waals surface area contributed by atoms with Gasteiger partial charge in [-0.25, -0.2) is 0 Å². The topological polar surface area (TPSA) is 77.9 Å². The maximum atomic E-state index is 12.5. The van der Waals surface area contributed by atoms with E-state index in [0.29, 0.717) is 12.8 Å². The third kappa shape index (κ3) is 2.70. The minimum Gasteiger partial charge on any atom is -0.480 e. The third-order valence-corrected chi connectivity index (χ3v) is 4.34. The molecule has 1 rings (SSSR count). The highest BCUT2D eigenvalue weighted by Crippen LogP contribution is 2.27. The van der Waals surface area contributed by atoms with E-state index in [-0.39, 0.29) is 24.3 Å². The van der Waals surface area contributed by atoms with E-state index in [9.17, 15) is 19.5 Å². The largest absolute Gasteiger partial charge is 0.480 e. The lowest BCUT2D eigenvalue weighted by Crippen LogP contribution is -2.55. The van der Waals surface area contributed by atoms with Crippen molar-refractivity contribution in [3.8, 4) is 0 Å². The Morgan fingerprint density at radius 2 is 1.90 bits per heavy atom. The average Bonchev–Trinajstić information content (AvgIpc) is 2.67. The summed E-state index contributed by atoms with van der Waals surface area (Å²) < 4.78 is 0. The van der Waals surface area contributed by atoms with Gasteiger partial charge in [-0.1, -0.05) is 13.8 Å².